The van der Waals surface area contributed by atoms with E-state index in [9.17, 15) is 4.79 Å². The molecule has 0 spiro atoms. The number of benzene rings is 1. The average Bonchev–Trinajstić information content (AvgIpc) is 3.07. The van der Waals surface area contributed by atoms with Gasteiger partial charge in [0.2, 0.25) is 5.89 Å². The molecule has 1 heterocycles. The van der Waals surface area contributed by atoms with Gasteiger partial charge < -0.3 is 19.2 Å². The number of carbonyl (C=O) groups excluding carboxylic acids is 1. The average molecular weight is 415 g/mol. The maximum atomic E-state index is 11.6. The van der Waals surface area contributed by atoms with E-state index in [2.05, 4.69) is 29.4 Å². The zero-order valence-corrected chi connectivity index (χ0v) is 18.6. The largest absolute Gasteiger partial charge is 0.462 e. The van der Waals surface area contributed by atoms with Crippen LogP contribution in [-0.2, 0) is 20.9 Å². The highest BCUT2D eigenvalue weighted by Gasteiger charge is 2.23. The van der Waals surface area contributed by atoms with E-state index >= 15 is 0 Å². The van der Waals surface area contributed by atoms with Crippen LogP contribution in [0.15, 0.2) is 28.7 Å². The van der Waals surface area contributed by atoms with Gasteiger partial charge in [0, 0.05) is 5.56 Å². The number of oxazole rings is 1. The van der Waals surface area contributed by atoms with Gasteiger partial charge in [0.25, 0.3) is 0 Å². The number of ether oxygens (including phenoxy) is 2. The molecular formula is C24H34N2O4. The number of hydrogen-bond acceptors (Lipinski definition) is 6. The number of aromatic nitrogens is 1. The monoisotopic (exact) mass is 414 g/mol. The Morgan fingerprint density at radius 1 is 1.23 bits per heavy atom. The Morgan fingerprint density at radius 3 is 2.73 bits per heavy atom. The van der Waals surface area contributed by atoms with Crippen LogP contribution >= 0.6 is 0 Å². The molecule has 164 valence electrons. The highest BCUT2D eigenvalue weighted by Crippen LogP contribution is 2.28. The predicted octanol–water partition coefficient (Wildman–Crippen LogP) is 4.58. The molecule has 6 nitrogen and oxygen atoms in total. The van der Waals surface area contributed by atoms with Gasteiger partial charge in [-0.3, -0.25) is 4.79 Å². The molecule has 1 saturated carbocycles. The van der Waals surface area contributed by atoms with Crippen molar-refractivity contribution < 1.29 is 18.7 Å². The Hall–Kier alpha value is -2.18. The second-order valence-electron chi connectivity index (χ2n) is 8.52. The molecule has 6 heteroatoms. The molecule has 2 aromatic rings. The van der Waals surface area contributed by atoms with E-state index in [1.165, 1.54) is 5.56 Å². The molecule has 1 fully saturated rings. The SMILES string of the molecule is Cc1ccc(-c2nc(CO[C@@H]3CCC[C@H](CNCC(=O)OC(C)C)C3)c(C)o2)cc1. The van der Waals surface area contributed by atoms with Gasteiger partial charge >= 0.3 is 5.97 Å². The van der Waals surface area contributed by atoms with E-state index in [-0.39, 0.29) is 24.7 Å². The molecule has 1 aromatic heterocycles. The normalized spacial score (nSPS) is 19.2. The van der Waals surface area contributed by atoms with Crippen LogP contribution in [0.4, 0.5) is 0 Å². The lowest BCUT2D eigenvalue weighted by molar-refractivity contribution is -0.146. The Kier molecular flexibility index (Phi) is 8.05. The molecule has 2 atom stereocenters. The van der Waals surface area contributed by atoms with Crippen molar-refractivity contribution in [1.29, 1.82) is 0 Å². The summed E-state index contributed by atoms with van der Waals surface area (Å²) in [5.41, 5.74) is 3.06. The molecule has 0 radical (unpaired) electrons. The van der Waals surface area contributed by atoms with Gasteiger partial charge in [0.05, 0.1) is 25.4 Å². The highest BCUT2D eigenvalue weighted by molar-refractivity contribution is 5.71. The van der Waals surface area contributed by atoms with Crippen molar-refractivity contribution in [3.63, 3.8) is 0 Å². The smallest absolute Gasteiger partial charge is 0.320 e. The second kappa shape index (κ2) is 10.7. The number of nitrogens with one attached hydrogen (secondary N) is 1. The van der Waals surface area contributed by atoms with Gasteiger partial charge in [0.15, 0.2) is 0 Å². The van der Waals surface area contributed by atoms with Gasteiger partial charge in [-0.1, -0.05) is 24.1 Å². The van der Waals surface area contributed by atoms with Crippen LogP contribution in [0.25, 0.3) is 11.5 Å². The van der Waals surface area contributed by atoms with Crippen molar-refractivity contribution >= 4 is 5.97 Å². The number of carbonyl (C=O) groups is 1. The molecule has 0 amide bonds. The number of rotatable bonds is 9. The second-order valence-corrected chi connectivity index (χ2v) is 8.52. The van der Waals surface area contributed by atoms with Gasteiger partial charge in [-0.25, -0.2) is 4.98 Å². The van der Waals surface area contributed by atoms with E-state index in [0.29, 0.717) is 18.4 Å². The summed E-state index contributed by atoms with van der Waals surface area (Å²) in [6, 6.07) is 8.18. The molecular weight excluding hydrogens is 380 g/mol. The summed E-state index contributed by atoms with van der Waals surface area (Å²) in [5, 5.41) is 3.23. The highest BCUT2D eigenvalue weighted by atomic mass is 16.5. The van der Waals surface area contributed by atoms with Crippen molar-refractivity contribution in [3.05, 3.63) is 41.3 Å². The fourth-order valence-electron chi connectivity index (χ4n) is 3.84. The quantitative estimate of drug-likeness (QED) is 0.606. The lowest BCUT2D eigenvalue weighted by atomic mass is 9.87. The zero-order valence-electron chi connectivity index (χ0n) is 18.6. The first kappa shape index (κ1) is 22.5. The zero-order chi connectivity index (χ0) is 21.5. The van der Waals surface area contributed by atoms with E-state index in [4.69, 9.17) is 13.9 Å². The van der Waals surface area contributed by atoms with Gasteiger partial charge in [0.1, 0.15) is 11.5 Å². The van der Waals surface area contributed by atoms with Crippen LogP contribution in [0.5, 0.6) is 0 Å². The summed E-state index contributed by atoms with van der Waals surface area (Å²) in [6.45, 7) is 9.27. The van der Waals surface area contributed by atoms with Crippen molar-refractivity contribution in [2.45, 2.75) is 72.2 Å². The minimum atomic E-state index is -0.195. The molecule has 0 unspecified atom stereocenters. The summed E-state index contributed by atoms with van der Waals surface area (Å²) in [6.07, 6.45) is 4.50. The number of nitrogens with zero attached hydrogens (tertiary/aromatic N) is 1. The van der Waals surface area contributed by atoms with E-state index in [1.807, 2.05) is 32.9 Å². The Morgan fingerprint density at radius 2 is 2.00 bits per heavy atom. The van der Waals surface area contributed by atoms with Crippen LogP contribution < -0.4 is 5.32 Å². The van der Waals surface area contributed by atoms with E-state index < -0.39 is 0 Å². The maximum Gasteiger partial charge on any atom is 0.320 e. The first-order chi connectivity index (χ1) is 14.4. The Balaban J connectivity index is 1.45. The first-order valence-electron chi connectivity index (χ1n) is 11.0. The lowest BCUT2D eigenvalue weighted by Crippen LogP contribution is -2.34. The maximum absolute atomic E-state index is 11.6. The van der Waals surface area contributed by atoms with E-state index in [1.54, 1.807) is 0 Å². The summed E-state index contributed by atoms with van der Waals surface area (Å²) >= 11 is 0. The minimum absolute atomic E-state index is 0.0710. The topological polar surface area (TPSA) is 73.6 Å². The van der Waals surface area contributed by atoms with Crippen LogP contribution in [0.3, 0.4) is 0 Å². The summed E-state index contributed by atoms with van der Waals surface area (Å²) in [4.78, 5) is 16.3. The molecule has 30 heavy (non-hydrogen) atoms. The van der Waals surface area contributed by atoms with Crippen LogP contribution in [0.1, 0.15) is 56.5 Å². The van der Waals surface area contributed by atoms with E-state index in [0.717, 1.165) is 49.2 Å². The van der Waals surface area contributed by atoms with Crippen molar-refractivity contribution in [3.8, 4) is 11.5 Å². The third kappa shape index (κ3) is 6.67. The predicted molar refractivity (Wildman–Crippen MR) is 116 cm³/mol. The first-order valence-corrected chi connectivity index (χ1v) is 11.0. The van der Waals surface area contributed by atoms with Crippen LogP contribution in [-0.4, -0.2) is 36.3 Å². The fourth-order valence-corrected chi connectivity index (χ4v) is 3.84. The summed E-state index contributed by atoms with van der Waals surface area (Å²) in [5.74, 6) is 1.77. The standard InChI is InChI=1S/C24H34N2O4/c1-16(2)29-23(27)14-25-13-19-6-5-7-21(12-19)28-15-22-18(4)30-24(26-22)20-10-8-17(3)9-11-20/h8-11,16,19,21,25H,5-7,12-15H2,1-4H3/t19-,21+/m0/s1. The Bertz CT molecular complexity index is 813. The minimum Gasteiger partial charge on any atom is -0.462 e. The molecule has 1 N–H and O–H groups in total. The lowest BCUT2D eigenvalue weighted by Gasteiger charge is -2.29. The van der Waals surface area contributed by atoms with Crippen molar-refractivity contribution in [1.82, 2.24) is 10.3 Å². The molecule has 1 aliphatic carbocycles. The third-order valence-electron chi connectivity index (χ3n) is 5.45. The van der Waals surface area contributed by atoms with Crippen molar-refractivity contribution in [2.75, 3.05) is 13.1 Å². The molecule has 1 aliphatic rings. The number of aryl methyl sites for hydroxylation is 2. The third-order valence-corrected chi connectivity index (χ3v) is 5.45. The fraction of sp³-hybridized carbons (Fsp3) is 0.583. The van der Waals surface area contributed by atoms with Gasteiger partial charge in [-0.2, -0.15) is 0 Å². The Labute approximate surface area is 179 Å². The van der Waals surface area contributed by atoms with Crippen LogP contribution in [0, 0.1) is 19.8 Å². The molecule has 1 aromatic carbocycles. The molecule has 0 aliphatic heterocycles. The molecule has 0 saturated heterocycles. The van der Waals surface area contributed by atoms with Gasteiger partial charge in [-0.15, -0.1) is 0 Å². The number of esters is 1. The summed E-state index contributed by atoms with van der Waals surface area (Å²) in [7, 11) is 0. The number of hydrogen-bond donors (Lipinski definition) is 1. The van der Waals surface area contributed by atoms with Crippen LogP contribution in [0.2, 0.25) is 0 Å². The summed E-state index contributed by atoms with van der Waals surface area (Å²) < 4.78 is 17.2. The van der Waals surface area contributed by atoms with Crippen molar-refractivity contribution in [2.24, 2.45) is 5.92 Å². The molecule has 3 rings (SSSR count). The van der Waals surface area contributed by atoms with Gasteiger partial charge in [-0.05, 0) is 71.6 Å². The molecule has 0 bridgehead atoms.